The van der Waals surface area contributed by atoms with Crippen molar-refractivity contribution in [3.63, 3.8) is 0 Å². The van der Waals surface area contributed by atoms with E-state index < -0.39 is 5.92 Å². The van der Waals surface area contributed by atoms with Crippen molar-refractivity contribution in [3.05, 3.63) is 34.9 Å². The van der Waals surface area contributed by atoms with Crippen LogP contribution in [0, 0.1) is 42.4 Å². The summed E-state index contributed by atoms with van der Waals surface area (Å²) in [5, 5.41) is 17.2. The zero-order valence-electron chi connectivity index (χ0n) is 9.32. The number of benzene rings is 1. The molecule has 80 valence electrons. The number of nitrogens with zero attached hydrogens (tertiary/aromatic N) is 2. The summed E-state index contributed by atoms with van der Waals surface area (Å²) in [4.78, 5) is 11.8. The van der Waals surface area contributed by atoms with Gasteiger partial charge in [-0.05, 0) is 19.4 Å². The fourth-order valence-corrected chi connectivity index (χ4v) is 1.54. The Balaban J connectivity index is 2.91. The Kier molecular flexibility index (Phi) is 3.80. The molecule has 0 fully saturated rings. The van der Waals surface area contributed by atoms with E-state index in [4.69, 9.17) is 10.5 Å². The Hall–Kier alpha value is -2.13. The molecule has 0 bridgehead atoms. The summed E-state index contributed by atoms with van der Waals surface area (Å²) in [6.07, 6.45) is -0.0309. The molecule has 0 aliphatic carbocycles. The smallest absolute Gasteiger partial charge is 0.165 e. The second-order valence-corrected chi connectivity index (χ2v) is 3.76. The molecule has 0 spiro atoms. The Morgan fingerprint density at radius 1 is 1.31 bits per heavy atom. The molecule has 0 saturated heterocycles. The van der Waals surface area contributed by atoms with Gasteiger partial charge in [0.1, 0.15) is 5.92 Å². The molecule has 3 nitrogen and oxygen atoms in total. The SMILES string of the molecule is Cc1ccc(C(=O)CC(C#N)C#N)c(C)c1. The molecule has 0 N–H and O–H groups in total. The van der Waals surface area contributed by atoms with Crippen LogP contribution in [0.15, 0.2) is 18.2 Å². The highest BCUT2D eigenvalue weighted by Gasteiger charge is 2.15. The van der Waals surface area contributed by atoms with Gasteiger partial charge < -0.3 is 0 Å². The van der Waals surface area contributed by atoms with E-state index in [1.807, 2.05) is 26.0 Å². The van der Waals surface area contributed by atoms with Gasteiger partial charge in [-0.25, -0.2) is 0 Å². The number of carbonyl (C=O) groups is 1. The van der Waals surface area contributed by atoms with Gasteiger partial charge in [0.05, 0.1) is 12.1 Å². The fraction of sp³-hybridized carbons (Fsp3) is 0.308. The van der Waals surface area contributed by atoms with E-state index in [0.29, 0.717) is 5.56 Å². The van der Waals surface area contributed by atoms with E-state index in [9.17, 15) is 4.79 Å². The average molecular weight is 212 g/mol. The minimum absolute atomic E-state index is 0.0309. The molecule has 1 aromatic rings. The zero-order valence-corrected chi connectivity index (χ0v) is 9.32. The molecule has 1 aromatic carbocycles. The van der Waals surface area contributed by atoms with Crippen LogP contribution in [0.2, 0.25) is 0 Å². The van der Waals surface area contributed by atoms with Gasteiger partial charge in [0, 0.05) is 12.0 Å². The first kappa shape index (κ1) is 11.9. The number of hydrogen-bond acceptors (Lipinski definition) is 3. The summed E-state index contributed by atoms with van der Waals surface area (Å²) in [6, 6.07) is 9.12. The van der Waals surface area contributed by atoms with Crippen LogP contribution in [0.25, 0.3) is 0 Å². The molecule has 16 heavy (non-hydrogen) atoms. The number of aryl methyl sites for hydroxylation is 2. The maximum atomic E-state index is 11.8. The second-order valence-electron chi connectivity index (χ2n) is 3.76. The predicted octanol–water partition coefficient (Wildman–Crippen LogP) is 2.54. The number of nitriles is 2. The van der Waals surface area contributed by atoms with Gasteiger partial charge in [0.15, 0.2) is 5.78 Å². The van der Waals surface area contributed by atoms with Crippen molar-refractivity contribution in [3.8, 4) is 12.1 Å². The van der Waals surface area contributed by atoms with Crippen molar-refractivity contribution in [2.45, 2.75) is 20.3 Å². The van der Waals surface area contributed by atoms with Crippen LogP contribution in [-0.2, 0) is 0 Å². The van der Waals surface area contributed by atoms with Crippen molar-refractivity contribution >= 4 is 5.78 Å². The molecule has 0 heterocycles. The highest BCUT2D eigenvalue weighted by molar-refractivity contribution is 5.97. The second kappa shape index (κ2) is 5.09. The molecule has 0 aliphatic heterocycles. The van der Waals surface area contributed by atoms with E-state index in [1.54, 1.807) is 18.2 Å². The number of carbonyl (C=O) groups excluding carboxylic acids is 1. The van der Waals surface area contributed by atoms with Crippen molar-refractivity contribution in [1.29, 1.82) is 10.5 Å². The lowest BCUT2D eigenvalue weighted by Gasteiger charge is -2.05. The molecule has 3 heteroatoms. The van der Waals surface area contributed by atoms with Crippen molar-refractivity contribution in [2.24, 2.45) is 5.92 Å². The van der Waals surface area contributed by atoms with Crippen molar-refractivity contribution in [2.75, 3.05) is 0 Å². The molecule has 0 atom stereocenters. The third kappa shape index (κ3) is 2.68. The molecule has 0 radical (unpaired) electrons. The largest absolute Gasteiger partial charge is 0.294 e. The Morgan fingerprint density at radius 3 is 2.44 bits per heavy atom. The summed E-state index contributed by atoms with van der Waals surface area (Å²) < 4.78 is 0. The number of hydrogen-bond donors (Lipinski definition) is 0. The normalized spacial score (nSPS) is 9.56. The van der Waals surface area contributed by atoms with Crippen LogP contribution in [0.3, 0.4) is 0 Å². The maximum Gasteiger partial charge on any atom is 0.165 e. The molecule has 0 saturated carbocycles. The summed E-state index contributed by atoms with van der Waals surface area (Å²) in [5.74, 6) is -1.00. The molecular formula is C13H12N2O. The zero-order chi connectivity index (χ0) is 12.1. The van der Waals surface area contributed by atoms with Crippen LogP contribution >= 0.6 is 0 Å². The lowest BCUT2D eigenvalue weighted by molar-refractivity contribution is 0.0976. The quantitative estimate of drug-likeness (QED) is 0.723. The molecular weight excluding hydrogens is 200 g/mol. The Bertz CT molecular complexity index is 478. The first-order valence-corrected chi connectivity index (χ1v) is 4.98. The standard InChI is InChI=1S/C13H12N2O/c1-9-3-4-12(10(2)5-9)13(16)6-11(7-14)8-15/h3-5,11H,6H2,1-2H3. The van der Waals surface area contributed by atoms with E-state index in [-0.39, 0.29) is 12.2 Å². The lowest BCUT2D eigenvalue weighted by Crippen LogP contribution is -2.07. The molecule has 0 aromatic heterocycles. The summed E-state index contributed by atoms with van der Waals surface area (Å²) >= 11 is 0. The van der Waals surface area contributed by atoms with E-state index in [0.717, 1.165) is 11.1 Å². The predicted molar refractivity (Wildman–Crippen MR) is 59.6 cm³/mol. The third-order valence-corrected chi connectivity index (χ3v) is 2.38. The minimum atomic E-state index is -0.854. The summed E-state index contributed by atoms with van der Waals surface area (Å²) in [5.41, 5.74) is 2.58. The lowest BCUT2D eigenvalue weighted by atomic mass is 9.96. The molecule has 0 aliphatic rings. The molecule has 0 amide bonds. The van der Waals surface area contributed by atoms with Crippen LogP contribution in [0.4, 0.5) is 0 Å². The topological polar surface area (TPSA) is 64.7 Å². The van der Waals surface area contributed by atoms with Gasteiger partial charge >= 0.3 is 0 Å². The Morgan fingerprint density at radius 2 is 1.94 bits per heavy atom. The van der Waals surface area contributed by atoms with Crippen LogP contribution in [0.1, 0.15) is 27.9 Å². The van der Waals surface area contributed by atoms with E-state index in [2.05, 4.69) is 0 Å². The highest BCUT2D eigenvalue weighted by atomic mass is 16.1. The van der Waals surface area contributed by atoms with Crippen molar-refractivity contribution in [1.82, 2.24) is 0 Å². The van der Waals surface area contributed by atoms with Gasteiger partial charge in [-0.2, -0.15) is 10.5 Å². The van der Waals surface area contributed by atoms with E-state index in [1.165, 1.54) is 0 Å². The number of ketones is 1. The minimum Gasteiger partial charge on any atom is -0.294 e. The number of rotatable bonds is 3. The highest BCUT2D eigenvalue weighted by Crippen LogP contribution is 2.15. The molecule has 0 unspecified atom stereocenters. The van der Waals surface area contributed by atoms with Crippen LogP contribution < -0.4 is 0 Å². The van der Waals surface area contributed by atoms with Crippen LogP contribution in [-0.4, -0.2) is 5.78 Å². The van der Waals surface area contributed by atoms with E-state index >= 15 is 0 Å². The van der Waals surface area contributed by atoms with Gasteiger partial charge in [0.2, 0.25) is 0 Å². The molecule has 1 rings (SSSR count). The van der Waals surface area contributed by atoms with Gasteiger partial charge in [-0.3, -0.25) is 4.79 Å². The average Bonchev–Trinajstić information content (AvgIpc) is 2.25. The van der Waals surface area contributed by atoms with Gasteiger partial charge in [-0.15, -0.1) is 0 Å². The van der Waals surface area contributed by atoms with Crippen molar-refractivity contribution < 1.29 is 4.79 Å². The summed E-state index contributed by atoms with van der Waals surface area (Å²) in [6.45, 7) is 3.81. The first-order chi connectivity index (χ1) is 7.58. The maximum absolute atomic E-state index is 11.8. The Labute approximate surface area is 94.9 Å². The van der Waals surface area contributed by atoms with Gasteiger partial charge in [0.25, 0.3) is 0 Å². The summed E-state index contributed by atoms with van der Waals surface area (Å²) in [7, 11) is 0. The van der Waals surface area contributed by atoms with Gasteiger partial charge in [-0.1, -0.05) is 23.8 Å². The monoisotopic (exact) mass is 212 g/mol. The fourth-order valence-electron chi connectivity index (χ4n) is 1.54. The number of Topliss-reactive ketones (excluding diaryl/α,β-unsaturated/α-hetero) is 1. The third-order valence-electron chi connectivity index (χ3n) is 2.38. The van der Waals surface area contributed by atoms with Crippen LogP contribution in [0.5, 0.6) is 0 Å². The first-order valence-electron chi connectivity index (χ1n) is 4.98.